The van der Waals surface area contributed by atoms with Gasteiger partial charge in [0.05, 0.1) is 5.71 Å². The fourth-order valence-corrected chi connectivity index (χ4v) is 1.74. The normalized spacial score (nSPS) is 16.2. The molecule has 4 nitrogen and oxygen atoms in total. The predicted octanol–water partition coefficient (Wildman–Crippen LogP) is 1.66. The maximum atomic E-state index is 11.3. The summed E-state index contributed by atoms with van der Waals surface area (Å²) in [4.78, 5) is 11.3. The van der Waals surface area contributed by atoms with Gasteiger partial charge in [0.25, 0.3) is 0 Å². The second-order valence-electron chi connectivity index (χ2n) is 3.98. The van der Waals surface area contributed by atoms with Gasteiger partial charge in [-0.1, -0.05) is 11.6 Å². The van der Waals surface area contributed by atoms with Crippen LogP contribution in [0.4, 0.5) is 0 Å². The zero-order chi connectivity index (χ0) is 11.7. The van der Waals surface area contributed by atoms with E-state index in [1.165, 1.54) is 5.01 Å². The molecule has 1 N–H and O–H groups in total. The minimum Gasteiger partial charge on any atom is -0.507 e. The van der Waals surface area contributed by atoms with Crippen molar-refractivity contribution in [2.45, 2.75) is 19.8 Å². The molecule has 0 atom stereocenters. The Balaban J connectivity index is 2.41. The first-order valence-corrected chi connectivity index (χ1v) is 5.22. The van der Waals surface area contributed by atoms with Crippen LogP contribution in [0.3, 0.4) is 0 Å². The summed E-state index contributed by atoms with van der Waals surface area (Å²) in [5.41, 5.74) is 2.55. The zero-order valence-electron chi connectivity index (χ0n) is 9.40. The molecular formula is C12H14N2O2. The van der Waals surface area contributed by atoms with Crippen LogP contribution in [-0.4, -0.2) is 28.8 Å². The minimum atomic E-state index is 0.0101. The number of hydrogen-bond acceptors (Lipinski definition) is 3. The van der Waals surface area contributed by atoms with Crippen molar-refractivity contribution in [3.8, 4) is 5.75 Å². The van der Waals surface area contributed by atoms with Gasteiger partial charge in [0, 0.05) is 25.5 Å². The first kappa shape index (κ1) is 10.7. The number of aryl methyl sites for hydroxylation is 1. The average molecular weight is 218 g/mol. The molecule has 0 aromatic heterocycles. The summed E-state index contributed by atoms with van der Waals surface area (Å²) in [6, 6.07) is 5.39. The Labute approximate surface area is 94.2 Å². The molecule has 0 saturated heterocycles. The highest BCUT2D eigenvalue weighted by Crippen LogP contribution is 2.23. The summed E-state index contributed by atoms with van der Waals surface area (Å²) in [5.74, 6) is 0.225. The number of carbonyl (C=O) groups is 1. The highest BCUT2D eigenvalue weighted by Gasteiger charge is 2.19. The molecule has 1 heterocycles. The number of nitrogens with zero attached hydrogens (tertiary/aromatic N) is 2. The van der Waals surface area contributed by atoms with Gasteiger partial charge in [0.15, 0.2) is 0 Å². The van der Waals surface area contributed by atoms with Crippen molar-refractivity contribution in [3.63, 3.8) is 0 Å². The van der Waals surface area contributed by atoms with Gasteiger partial charge in [0.2, 0.25) is 5.91 Å². The zero-order valence-corrected chi connectivity index (χ0v) is 9.40. The Hall–Kier alpha value is -1.84. The molecule has 1 aliphatic heterocycles. The lowest BCUT2D eigenvalue weighted by Crippen LogP contribution is -2.28. The molecule has 0 unspecified atom stereocenters. The van der Waals surface area contributed by atoms with E-state index in [-0.39, 0.29) is 11.7 Å². The number of amides is 1. The Morgan fingerprint density at radius 1 is 1.38 bits per heavy atom. The number of hydrogen-bond donors (Lipinski definition) is 1. The lowest BCUT2D eigenvalue weighted by molar-refractivity contribution is -0.130. The molecule has 16 heavy (non-hydrogen) atoms. The molecule has 1 aromatic rings. The predicted molar refractivity (Wildman–Crippen MR) is 61.4 cm³/mol. The summed E-state index contributed by atoms with van der Waals surface area (Å²) in [6.07, 6.45) is 1.03. The van der Waals surface area contributed by atoms with Crippen LogP contribution in [0.25, 0.3) is 0 Å². The molecule has 1 amide bonds. The van der Waals surface area contributed by atoms with Crippen LogP contribution in [0.15, 0.2) is 23.3 Å². The van der Waals surface area contributed by atoms with Crippen LogP contribution >= 0.6 is 0 Å². The maximum Gasteiger partial charge on any atom is 0.242 e. The van der Waals surface area contributed by atoms with Gasteiger partial charge in [-0.2, -0.15) is 5.10 Å². The van der Waals surface area contributed by atoms with Gasteiger partial charge < -0.3 is 5.11 Å². The van der Waals surface area contributed by atoms with Crippen molar-refractivity contribution in [1.29, 1.82) is 0 Å². The summed E-state index contributed by atoms with van der Waals surface area (Å²) in [6.45, 7) is 1.96. The molecular weight excluding hydrogens is 204 g/mol. The van der Waals surface area contributed by atoms with E-state index in [9.17, 15) is 9.90 Å². The third-order valence-corrected chi connectivity index (χ3v) is 2.67. The highest BCUT2D eigenvalue weighted by atomic mass is 16.3. The van der Waals surface area contributed by atoms with Gasteiger partial charge in [-0.15, -0.1) is 0 Å². The van der Waals surface area contributed by atoms with E-state index in [2.05, 4.69) is 5.10 Å². The molecule has 0 saturated carbocycles. The van der Waals surface area contributed by atoms with Crippen LogP contribution in [-0.2, 0) is 4.79 Å². The van der Waals surface area contributed by atoms with Crippen molar-refractivity contribution in [2.24, 2.45) is 5.10 Å². The monoisotopic (exact) mass is 218 g/mol. The van der Waals surface area contributed by atoms with Crippen molar-refractivity contribution in [3.05, 3.63) is 29.3 Å². The Morgan fingerprint density at radius 2 is 2.12 bits per heavy atom. The van der Waals surface area contributed by atoms with Gasteiger partial charge in [-0.25, -0.2) is 5.01 Å². The molecule has 0 fully saturated rings. The van der Waals surface area contributed by atoms with Crippen molar-refractivity contribution >= 4 is 11.6 Å². The number of carbonyl (C=O) groups excluding carboxylic acids is 1. The van der Waals surface area contributed by atoms with Crippen LogP contribution < -0.4 is 0 Å². The lowest BCUT2D eigenvalue weighted by Gasteiger charge is -2.20. The topological polar surface area (TPSA) is 52.9 Å². The number of hydrazone groups is 1. The largest absolute Gasteiger partial charge is 0.507 e. The fraction of sp³-hybridized carbons (Fsp3) is 0.333. The smallest absolute Gasteiger partial charge is 0.242 e. The Bertz CT molecular complexity index is 466. The standard InChI is InChI=1S/C12H14N2O2/c1-8-3-5-11(15)9(7-8)10-4-6-12(16)14(2)13-10/h3,5,7,15H,4,6H2,1-2H3. The Morgan fingerprint density at radius 3 is 2.81 bits per heavy atom. The molecule has 0 spiro atoms. The highest BCUT2D eigenvalue weighted by molar-refractivity contribution is 6.06. The number of aromatic hydroxyl groups is 1. The summed E-state index contributed by atoms with van der Waals surface area (Å²) in [7, 11) is 1.63. The lowest BCUT2D eigenvalue weighted by atomic mass is 10.0. The second-order valence-corrected chi connectivity index (χ2v) is 3.98. The van der Waals surface area contributed by atoms with Crippen LogP contribution in [0, 0.1) is 6.92 Å². The quantitative estimate of drug-likeness (QED) is 0.779. The van der Waals surface area contributed by atoms with E-state index in [4.69, 9.17) is 0 Å². The van der Waals surface area contributed by atoms with Crippen LogP contribution in [0.5, 0.6) is 5.75 Å². The molecule has 0 radical (unpaired) electrons. The summed E-state index contributed by atoms with van der Waals surface area (Å²) in [5, 5.41) is 15.3. The average Bonchev–Trinajstić information content (AvgIpc) is 2.26. The molecule has 84 valence electrons. The van der Waals surface area contributed by atoms with Crippen LogP contribution in [0.1, 0.15) is 24.0 Å². The third kappa shape index (κ3) is 1.91. The van der Waals surface area contributed by atoms with Gasteiger partial charge in [-0.05, 0) is 19.1 Å². The number of phenols is 1. The first-order valence-electron chi connectivity index (χ1n) is 5.22. The van der Waals surface area contributed by atoms with Gasteiger partial charge >= 0.3 is 0 Å². The molecule has 4 heteroatoms. The maximum absolute atomic E-state index is 11.3. The van der Waals surface area contributed by atoms with Crippen LogP contribution in [0.2, 0.25) is 0 Å². The summed E-state index contributed by atoms with van der Waals surface area (Å²) >= 11 is 0. The molecule has 0 aliphatic carbocycles. The molecule has 0 bridgehead atoms. The van der Waals surface area contributed by atoms with E-state index >= 15 is 0 Å². The second kappa shape index (κ2) is 3.96. The van der Waals surface area contributed by atoms with E-state index in [1.54, 1.807) is 13.1 Å². The third-order valence-electron chi connectivity index (χ3n) is 2.67. The number of rotatable bonds is 1. The molecule has 1 aromatic carbocycles. The van der Waals surface area contributed by atoms with Gasteiger partial charge in [-0.3, -0.25) is 4.79 Å². The molecule has 2 rings (SSSR count). The SMILES string of the molecule is Cc1ccc(O)c(C2=NN(C)C(=O)CC2)c1. The van der Waals surface area contributed by atoms with E-state index in [0.717, 1.165) is 16.8 Å². The minimum absolute atomic E-state index is 0.0101. The molecule has 1 aliphatic rings. The first-order chi connectivity index (χ1) is 7.58. The van der Waals surface area contributed by atoms with Gasteiger partial charge in [0.1, 0.15) is 5.75 Å². The Kier molecular flexibility index (Phi) is 2.64. The summed E-state index contributed by atoms with van der Waals surface area (Å²) < 4.78 is 0. The van der Waals surface area contributed by atoms with E-state index in [0.29, 0.717) is 12.8 Å². The van der Waals surface area contributed by atoms with E-state index in [1.807, 2.05) is 19.1 Å². The van der Waals surface area contributed by atoms with Crippen molar-refractivity contribution in [2.75, 3.05) is 7.05 Å². The number of phenolic OH excluding ortho intramolecular Hbond substituents is 1. The van der Waals surface area contributed by atoms with E-state index < -0.39 is 0 Å². The van der Waals surface area contributed by atoms with Crippen molar-refractivity contribution in [1.82, 2.24) is 5.01 Å². The van der Waals surface area contributed by atoms with Crippen molar-refractivity contribution < 1.29 is 9.90 Å². The fourth-order valence-electron chi connectivity index (χ4n) is 1.74. The number of benzene rings is 1.